The van der Waals surface area contributed by atoms with E-state index in [1.807, 2.05) is 35.2 Å². The van der Waals surface area contributed by atoms with Gasteiger partial charge < -0.3 is 19.9 Å². The van der Waals surface area contributed by atoms with Crippen LogP contribution in [0.25, 0.3) is 10.9 Å². The van der Waals surface area contributed by atoms with E-state index in [1.165, 1.54) is 16.5 Å². The molecule has 3 aromatic carbocycles. The Labute approximate surface area is 188 Å². The van der Waals surface area contributed by atoms with Gasteiger partial charge in [0.05, 0.1) is 13.2 Å². The quantitative estimate of drug-likeness (QED) is 0.464. The fourth-order valence-electron chi connectivity index (χ4n) is 4.62. The van der Waals surface area contributed by atoms with E-state index < -0.39 is 0 Å². The first-order valence-corrected chi connectivity index (χ1v) is 11.0. The summed E-state index contributed by atoms with van der Waals surface area (Å²) in [5.74, 6) is 0.787. The van der Waals surface area contributed by atoms with Crippen molar-refractivity contribution in [1.82, 2.24) is 15.2 Å². The first-order chi connectivity index (χ1) is 15.6. The number of carbonyl (C=O) groups is 1. The van der Waals surface area contributed by atoms with Crippen molar-refractivity contribution in [3.8, 4) is 5.75 Å². The van der Waals surface area contributed by atoms with Crippen molar-refractivity contribution < 1.29 is 9.53 Å². The number of hydrogen-bond donors (Lipinski definition) is 2. The van der Waals surface area contributed by atoms with E-state index in [9.17, 15) is 4.79 Å². The highest BCUT2D eigenvalue weighted by Crippen LogP contribution is 2.38. The summed E-state index contributed by atoms with van der Waals surface area (Å²) in [7, 11) is 1.65. The van der Waals surface area contributed by atoms with Crippen LogP contribution in [0.5, 0.6) is 5.75 Å². The molecule has 4 aromatic rings. The summed E-state index contributed by atoms with van der Waals surface area (Å²) in [6.45, 7) is 3.20. The molecule has 0 bridgehead atoms. The van der Waals surface area contributed by atoms with Crippen molar-refractivity contribution >= 4 is 16.9 Å². The number of rotatable bonds is 4. The van der Waals surface area contributed by atoms with Gasteiger partial charge in [-0.1, -0.05) is 60.2 Å². The highest BCUT2D eigenvalue weighted by molar-refractivity contribution is 5.86. The molecule has 5 rings (SSSR count). The lowest BCUT2D eigenvalue weighted by atomic mass is 9.92. The number of ether oxygens (including phenoxy) is 1. The molecule has 162 valence electrons. The number of aromatic nitrogens is 1. The number of nitrogens with zero attached hydrogens (tertiary/aromatic N) is 1. The van der Waals surface area contributed by atoms with E-state index in [0.29, 0.717) is 13.1 Å². The van der Waals surface area contributed by atoms with E-state index in [-0.39, 0.29) is 12.1 Å². The fraction of sp³-hybridized carbons (Fsp3) is 0.222. The third kappa shape index (κ3) is 3.71. The van der Waals surface area contributed by atoms with Crippen molar-refractivity contribution in [3.05, 3.63) is 101 Å². The molecule has 0 fully saturated rings. The highest BCUT2D eigenvalue weighted by atomic mass is 16.5. The summed E-state index contributed by atoms with van der Waals surface area (Å²) in [6.07, 6.45) is 0.828. The topological polar surface area (TPSA) is 57.4 Å². The van der Waals surface area contributed by atoms with Crippen LogP contribution in [0.3, 0.4) is 0 Å². The van der Waals surface area contributed by atoms with Gasteiger partial charge in [-0.3, -0.25) is 0 Å². The number of carbonyl (C=O) groups excluding carboxylic acids is 1. The lowest BCUT2D eigenvalue weighted by Gasteiger charge is -2.36. The maximum atomic E-state index is 13.4. The van der Waals surface area contributed by atoms with Crippen LogP contribution in [-0.4, -0.2) is 29.6 Å². The molecule has 2 heterocycles. The zero-order chi connectivity index (χ0) is 22.1. The standard InChI is InChI=1S/C27H27N3O2/c1-18-10-12-20(13-11-18)26-25-23(22-8-3-4-9-24(22)29-25)14-15-30(26)27(31)28-17-19-6-5-7-21(16-19)32-2/h3-13,16,26,29H,14-15,17H2,1-2H3,(H,28,31). The van der Waals surface area contributed by atoms with Crippen LogP contribution in [0.4, 0.5) is 4.79 Å². The molecule has 0 saturated carbocycles. The monoisotopic (exact) mass is 425 g/mol. The van der Waals surface area contributed by atoms with Crippen molar-refractivity contribution in [2.24, 2.45) is 0 Å². The van der Waals surface area contributed by atoms with Gasteiger partial charge in [-0.05, 0) is 48.2 Å². The number of urea groups is 1. The second kappa shape index (κ2) is 8.42. The number of hydrogen-bond acceptors (Lipinski definition) is 2. The van der Waals surface area contributed by atoms with Gasteiger partial charge in [0.1, 0.15) is 5.75 Å². The molecular formula is C27H27N3O2. The molecule has 1 aliphatic rings. The van der Waals surface area contributed by atoms with Crippen molar-refractivity contribution in [3.63, 3.8) is 0 Å². The molecule has 5 heteroatoms. The maximum Gasteiger partial charge on any atom is 0.318 e. The zero-order valence-corrected chi connectivity index (χ0v) is 18.4. The van der Waals surface area contributed by atoms with Crippen LogP contribution in [0.15, 0.2) is 72.8 Å². The Bertz CT molecular complexity index is 1260. The molecule has 0 saturated heterocycles. The average molecular weight is 426 g/mol. The van der Waals surface area contributed by atoms with Crippen LogP contribution in [-0.2, 0) is 13.0 Å². The van der Waals surface area contributed by atoms with E-state index in [4.69, 9.17) is 4.74 Å². The van der Waals surface area contributed by atoms with E-state index in [1.54, 1.807) is 7.11 Å². The molecule has 1 aliphatic heterocycles. The Hall–Kier alpha value is -3.73. The summed E-state index contributed by atoms with van der Waals surface area (Å²) in [4.78, 5) is 18.9. The second-order valence-electron chi connectivity index (χ2n) is 8.33. The molecular weight excluding hydrogens is 398 g/mol. The number of benzene rings is 3. The van der Waals surface area contributed by atoms with Gasteiger partial charge in [0.15, 0.2) is 0 Å². The number of aromatic amines is 1. The van der Waals surface area contributed by atoms with Gasteiger partial charge in [0.25, 0.3) is 0 Å². The van der Waals surface area contributed by atoms with Gasteiger partial charge in [0.2, 0.25) is 0 Å². The lowest BCUT2D eigenvalue weighted by Crippen LogP contribution is -2.45. The van der Waals surface area contributed by atoms with Crippen molar-refractivity contribution in [2.45, 2.75) is 25.9 Å². The number of nitrogens with one attached hydrogen (secondary N) is 2. The minimum Gasteiger partial charge on any atom is -0.497 e. The maximum absolute atomic E-state index is 13.4. The summed E-state index contributed by atoms with van der Waals surface area (Å²) in [6, 6.07) is 24.4. The van der Waals surface area contributed by atoms with Crippen LogP contribution < -0.4 is 10.1 Å². The fourth-order valence-corrected chi connectivity index (χ4v) is 4.62. The average Bonchev–Trinajstić information content (AvgIpc) is 3.21. The number of H-pyrrole nitrogens is 1. The molecule has 1 atom stereocenters. The third-order valence-corrected chi connectivity index (χ3v) is 6.27. The summed E-state index contributed by atoms with van der Waals surface area (Å²) in [5.41, 5.74) is 6.86. The molecule has 32 heavy (non-hydrogen) atoms. The minimum atomic E-state index is -0.156. The molecule has 1 unspecified atom stereocenters. The first-order valence-electron chi connectivity index (χ1n) is 11.0. The molecule has 2 amide bonds. The van der Waals surface area contributed by atoms with Crippen molar-refractivity contribution in [1.29, 1.82) is 0 Å². The number of amides is 2. The van der Waals surface area contributed by atoms with Crippen LogP contribution in [0.1, 0.15) is 34.0 Å². The Morgan fingerprint density at radius 1 is 1.09 bits per heavy atom. The number of aryl methyl sites for hydroxylation is 1. The Balaban J connectivity index is 1.47. The molecule has 1 aromatic heterocycles. The summed E-state index contributed by atoms with van der Waals surface area (Å²) in [5, 5.41) is 4.36. The minimum absolute atomic E-state index is 0.0669. The largest absolute Gasteiger partial charge is 0.497 e. The number of methoxy groups -OCH3 is 1. The Morgan fingerprint density at radius 2 is 1.91 bits per heavy atom. The van der Waals surface area contributed by atoms with Crippen LogP contribution in [0.2, 0.25) is 0 Å². The third-order valence-electron chi connectivity index (χ3n) is 6.27. The molecule has 2 N–H and O–H groups in total. The highest BCUT2D eigenvalue weighted by Gasteiger charge is 2.34. The van der Waals surface area contributed by atoms with Gasteiger partial charge in [-0.15, -0.1) is 0 Å². The molecule has 5 nitrogen and oxygen atoms in total. The predicted octanol–water partition coefficient (Wildman–Crippen LogP) is 5.34. The smallest absolute Gasteiger partial charge is 0.318 e. The zero-order valence-electron chi connectivity index (χ0n) is 18.4. The van der Waals surface area contributed by atoms with E-state index in [0.717, 1.165) is 34.5 Å². The second-order valence-corrected chi connectivity index (χ2v) is 8.33. The normalized spacial score (nSPS) is 15.4. The molecule has 0 spiro atoms. The van der Waals surface area contributed by atoms with Gasteiger partial charge in [0, 0.05) is 29.7 Å². The SMILES string of the molecule is COc1cccc(CNC(=O)N2CCc3c([nH]c4ccccc34)C2c2ccc(C)cc2)c1. The van der Waals surface area contributed by atoms with E-state index >= 15 is 0 Å². The predicted molar refractivity (Wildman–Crippen MR) is 127 cm³/mol. The van der Waals surface area contributed by atoms with Crippen LogP contribution >= 0.6 is 0 Å². The Morgan fingerprint density at radius 3 is 2.72 bits per heavy atom. The van der Waals surface area contributed by atoms with Crippen molar-refractivity contribution in [2.75, 3.05) is 13.7 Å². The Kier molecular flexibility index (Phi) is 5.31. The van der Waals surface area contributed by atoms with E-state index in [2.05, 4.69) is 59.7 Å². The first kappa shape index (κ1) is 20.2. The summed E-state index contributed by atoms with van der Waals surface area (Å²) >= 11 is 0. The van der Waals surface area contributed by atoms with Gasteiger partial charge in [-0.25, -0.2) is 4.79 Å². The number of fused-ring (bicyclic) bond motifs is 3. The van der Waals surface area contributed by atoms with Crippen LogP contribution in [0, 0.1) is 6.92 Å². The lowest BCUT2D eigenvalue weighted by molar-refractivity contribution is 0.179. The van der Waals surface area contributed by atoms with Gasteiger partial charge >= 0.3 is 6.03 Å². The molecule has 0 radical (unpaired) electrons. The molecule has 0 aliphatic carbocycles. The number of para-hydroxylation sites is 1. The van der Waals surface area contributed by atoms with Gasteiger partial charge in [-0.2, -0.15) is 0 Å². The summed E-state index contributed by atoms with van der Waals surface area (Å²) < 4.78 is 5.30.